The zero-order chi connectivity index (χ0) is 15.2. The highest BCUT2D eigenvalue weighted by atomic mass is 16.5. The smallest absolute Gasteiger partial charge is 0.125 e. The second-order valence-corrected chi connectivity index (χ2v) is 6.19. The molecule has 0 saturated heterocycles. The molecule has 0 saturated carbocycles. The molecule has 1 rings (SSSR count). The minimum Gasteiger partial charge on any atom is -0.497 e. The van der Waals surface area contributed by atoms with E-state index in [0.29, 0.717) is 6.04 Å². The van der Waals surface area contributed by atoms with Crippen molar-refractivity contribution in [1.82, 2.24) is 5.32 Å². The Morgan fingerprint density at radius 3 is 2.35 bits per heavy atom. The number of nitrogens with one attached hydrogen (secondary N) is 1. The van der Waals surface area contributed by atoms with Crippen LogP contribution >= 0.6 is 0 Å². The first-order chi connectivity index (χ1) is 9.42. The van der Waals surface area contributed by atoms with Gasteiger partial charge in [0.25, 0.3) is 0 Å². The van der Waals surface area contributed by atoms with Gasteiger partial charge >= 0.3 is 0 Å². The topological polar surface area (TPSA) is 30.5 Å². The van der Waals surface area contributed by atoms with E-state index in [2.05, 4.69) is 39.1 Å². The number of ether oxygens (including phenoxy) is 2. The summed E-state index contributed by atoms with van der Waals surface area (Å²) in [5.74, 6) is 1.75. The average molecular weight is 279 g/mol. The van der Waals surface area contributed by atoms with Gasteiger partial charge in [0.1, 0.15) is 11.5 Å². The summed E-state index contributed by atoms with van der Waals surface area (Å²) in [6.45, 7) is 10.0. The summed E-state index contributed by atoms with van der Waals surface area (Å²) in [6, 6.07) is 6.55. The third kappa shape index (κ3) is 4.71. The number of methoxy groups -OCH3 is 2. The van der Waals surface area contributed by atoms with Gasteiger partial charge in [0.2, 0.25) is 0 Å². The molecule has 0 amide bonds. The van der Waals surface area contributed by atoms with Crippen LogP contribution in [0, 0.1) is 5.41 Å². The number of rotatable bonds is 7. The third-order valence-electron chi connectivity index (χ3n) is 3.69. The first-order valence-electron chi connectivity index (χ1n) is 7.36. The monoisotopic (exact) mass is 279 g/mol. The van der Waals surface area contributed by atoms with Gasteiger partial charge in [0.15, 0.2) is 0 Å². The highest BCUT2D eigenvalue weighted by Gasteiger charge is 2.23. The molecular formula is C17H29NO2. The van der Waals surface area contributed by atoms with E-state index in [1.807, 2.05) is 12.1 Å². The van der Waals surface area contributed by atoms with Crippen LogP contribution in [0.2, 0.25) is 0 Å². The van der Waals surface area contributed by atoms with Crippen LogP contribution in [-0.4, -0.2) is 26.8 Å². The van der Waals surface area contributed by atoms with Gasteiger partial charge in [-0.05, 0) is 36.4 Å². The quantitative estimate of drug-likeness (QED) is 0.826. The number of hydrogen-bond acceptors (Lipinski definition) is 3. The number of benzene rings is 1. The Balaban J connectivity index is 2.77. The van der Waals surface area contributed by atoms with E-state index in [1.165, 1.54) is 5.56 Å². The summed E-state index contributed by atoms with van der Waals surface area (Å²) < 4.78 is 10.7. The lowest BCUT2D eigenvalue weighted by atomic mass is 9.83. The zero-order valence-corrected chi connectivity index (χ0v) is 13.7. The van der Waals surface area contributed by atoms with Gasteiger partial charge in [0.05, 0.1) is 14.2 Å². The minimum absolute atomic E-state index is 0.260. The molecule has 0 aliphatic carbocycles. The molecule has 1 aromatic rings. The predicted octanol–water partition coefficient (Wildman–Crippen LogP) is 3.66. The molecule has 1 N–H and O–H groups in total. The Kier molecular flexibility index (Phi) is 6.34. The van der Waals surface area contributed by atoms with Crippen molar-refractivity contribution in [1.29, 1.82) is 0 Å². The summed E-state index contributed by atoms with van der Waals surface area (Å²) in [5, 5.41) is 3.59. The molecular weight excluding hydrogens is 250 g/mol. The lowest BCUT2D eigenvalue weighted by Gasteiger charge is -2.31. The van der Waals surface area contributed by atoms with Crippen LogP contribution in [0.1, 0.15) is 39.7 Å². The highest BCUT2D eigenvalue weighted by molar-refractivity contribution is 5.40. The van der Waals surface area contributed by atoms with Crippen molar-refractivity contribution >= 4 is 0 Å². The Bertz CT molecular complexity index is 410. The largest absolute Gasteiger partial charge is 0.497 e. The van der Waals surface area contributed by atoms with Gasteiger partial charge < -0.3 is 14.8 Å². The first kappa shape index (κ1) is 16.8. The number of hydrogen-bond donors (Lipinski definition) is 1. The zero-order valence-electron chi connectivity index (χ0n) is 13.7. The Morgan fingerprint density at radius 2 is 1.85 bits per heavy atom. The lowest BCUT2D eigenvalue weighted by molar-refractivity contribution is 0.257. The van der Waals surface area contributed by atoms with Crippen LogP contribution in [0.4, 0.5) is 0 Å². The molecule has 1 atom stereocenters. The van der Waals surface area contributed by atoms with Crippen LogP contribution in [-0.2, 0) is 6.42 Å². The average Bonchev–Trinajstić information content (AvgIpc) is 2.42. The van der Waals surface area contributed by atoms with Crippen LogP contribution in [0.5, 0.6) is 11.5 Å². The van der Waals surface area contributed by atoms with E-state index in [1.54, 1.807) is 14.2 Å². The molecule has 1 aromatic carbocycles. The second-order valence-electron chi connectivity index (χ2n) is 6.19. The highest BCUT2D eigenvalue weighted by Crippen LogP contribution is 2.28. The molecule has 1 unspecified atom stereocenters. The van der Waals surface area contributed by atoms with Crippen molar-refractivity contribution in [3.05, 3.63) is 23.8 Å². The summed E-state index contributed by atoms with van der Waals surface area (Å²) in [6.07, 6.45) is 2.10. The molecule has 0 heterocycles. The molecule has 3 heteroatoms. The third-order valence-corrected chi connectivity index (χ3v) is 3.69. The van der Waals surface area contributed by atoms with Gasteiger partial charge in [0, 0.05) is 12.1 Å². The van der Waals surface area contributed by atoms with Gasteiger partial charge in [-0.1, -0.05) is 33.8 Å². The maximum atomic E-state index is 5.47. The normalized spacial score (nSPS) is 13.1. The molecule has 114 valence electrons. The predicted molar refractivity (Wildman–Crippen MR) is 84.8 cm³/mol. The van der Waals surface area contributed by atoms with Crippen LogP contribution < -0.4 is 14.8 Å². The lowest BCUT2D eigenvalue weighted by Crippen LogP contribution is -2.40. The number of aryl methyl sites for hydroxylation is 1. The molecule has 3 nitrogen and oxygen atoms in total. The van der Waals surface area contributed by atoms with Crippen molar-refractivity contribution in [3.63, 3.8) is 0 Å². The van der Waals surface area contributed by atoms with Crippen molar-refractivity contribution < 1.29 is 9.47 Å². The van der Waals surface area contributed by atoms with E-state index in [4.69, 9.17) is 9.47 Å². The van der Waals surface area contributed by atoms with Crippen molar-refractivity contribution in [3.8, 4) is 11.5 Å². The Hall–Kier alpha value is -1.22. The fourth-order valence-corrected chi connectivity index (χ4v) is 2.45. The van der Waals surface area contributed by atoms with E-state index in [0.717, 1.165) is 30.9 Å². The van der Waals surface area contributed by atoms with E-state index in [9.17, 15) is 0 Å². The molecule has 0 fully saturated rings. The second kappa shape index (κ2) is 7.53. The summed E-state index contributed by atoms with van der Waals surface area (Å²) >= 11 is 0. The first-order valence-corrected chi connectivity index (χ1v) is 7.36. The molecule has 0 radical (unpaired) electrons. The van der Waals surface area contributed by atoms with E-state index < -0.39 is 0 Å². The van der Waals surface area contributed by atoms with Gasteiger partial charge in [-0.3, -0.25) is 0 Å². The van der Waals surface area contributed by atoms with Gasteiger partial charge in [-0.2, -0.15) is 0 Å². The van der Waals surface area contributed by atoms with Crippen LogP contribution in [0.3, 0.4) is 0 Å². The van der Waals surface area contributed by atoms with Crippen molar-refractivity contribution in [2.24, 2.45) is 5.41 Å². The molecule has 0 bridgehead atoms. The molecule has 20 heavy (non-hydrogen) atoms. The standard InChI is InChI=1S/C17H29NO2/c1-7-18-16(17(2,3)4)11-9-13-8-10-14(19-5)12-15(13)20-6/h8,10,12,16,18H,7,9,11H2,1-6H3. The van der Waals surface area contributed by atoms with Crippen LogP contribution in [0.15, 0.2) is 18.2 Å². The fraction of sp³-hybridized carbons (Fsp3) is 0.647. The maximum absolute atomic E-state index is 5.47. The molecule has 0 aliphatic rings. The maximum Gasteiger partial charge on any atom is 0.125 e. The SMILES string of the molecule is CCNC(CCc1ccc(OC)cc1OC)C(C)(C)C. The molecule has 0 aromatic heterocycles. The summed E-state index contributed by atoms with van der Waals surface area (Å²) in [5.41, 5.74) is 1.50. The van der Waals surface area contributed by atoms with E-state index >= 15 is 0 Å². The Morgan fingerprint density at radius 1 is 1.15 bits per heavy atom. The summed E-state index contributed by atoms with van der Waals surface area (Å²) in [7, 11) is 3.39. The Labute approximate surface area is 123 Å². The molecule has 0 aliphatic heterocycles. The van der Waals surface area contributed by atoms with E-state index in [-0.39, 0.29) is 5.41 Å². The van der Waals surface area contributed by atoms with Crippen molar-refractivity contribution in [2.75, 3.05) is 20.8 Å². The fourth-order valence-electron chi connectivity index (χ4n) is 2.45. The minimum atomic E-state index is 0.260. The van der Waals surface area contributed by atoms with Gasteiger partial charge in [-0.15, -0.1) is 0 Å². The summed E-state index contributed by atoms with van der Waals surface area (Å²) in [4.78, 5) is 0. The van der Waals surface area contributed by atoms with Gasteiger partial charge in [-0.25, -0.2) is 0 Å². The molecule has 0 spiro atoms. The van der Waals surface area contributed by atoms with Crippen molar-refractivity contribution in [2.45, 2.75) is 46.6 Å². The van der Waals surface area contributed by atoms with Crippen LogP contribution in [0.25, 0.3) is 0 Å².